The predicted molar refractivity (Wildman–Crippen MR) is 121 cm³/mol. The quantitative estimate of drug-likeness (QED) is 0.720. The molecule has 2 fully saturated rings. The molecule has 162 valence electrons. The summed E-state index contributed by atoms with van der Waals surface area (Å²) in [6, 6.07) is 8.48. The molecule has 3 heterocycles. The van der Waals surface area contributed by atoms with Crippen molar-refractivity contribution in [1.29, 1.82) is 0 Å². The van der Waals surface area contributed by atoms with Crippen LogP contribution in [0, 0.1) is 10.7 Å². The van der Waals surface area contributed by atoms with Gasteiger partial charge >= 0.3 is 0 Å². The Morgan fingerprint density at radius 3 is 2.43 bits per heavy atom. The van der Waals surface area contributed by atoms with Crippen molar-refractivity contribution in [2.45, 2.75) is 58.5 Å². The average molecular weight is 429 g/mol. The SMILES string of the molecule is CCc1ccc(-c2nc(=S)n(C[NH+]3CCC(C(=O)N4CCCCCC4)CC3)[nH]2)cc1. The minimum atomic E-state index is 0.203. The topological polar surface area (TPSA) is 58.4 Å². The maximum absolute atomic E-state index is 12.9. The Kier molecular flexibility index (Phi) is 7.00. The number of hydrogen-bond acceptors (Lipinski definition) is 3. The number of piperidine rings is 1. The standard InChI is InChI=1S/C23H33N5OS/c1-2-18-7-9-19(10-8-18)21-24-23(30)28(25-21)17-26-15-11-20(12-16-26)22(29)27-13-5-3-4-6-14-27/h7-10,20H,2-6,11-17H2,1H3,(H,24,25,30)/p+1. The van der Waals surface area contributed by atoms with E-state index in [1.165, 1.54) is 23.3 Å². The number of benzene rings is 1. The second-order valence-corrected chi connectivity index (χ2v) is 9.12. The number of likely N-dealkylation sites (tertiary alicyclic amines) is 2. The predicted octanol–water partition coefficient (Wildman–Crippen LogP) is 2.83. The van der Waals surface area contributed by atoms with Gasteiger partial charge in [-0.05, 0) is 37.0 Å². The average Bonchev–Trinajstić information content (AvgIpc) is 2.97. The number of quaternary nitrogens is 1. The molecular weight excluding hydrogens is 394 g/mol. The minimum absolute atomic E-state index is 0.203. The molecule has 2 aliphatic rings. The van der Waals surface area contributed by atoms with Crippen molar-refractivity contribution in [3.05, 3.63) is 34.6 Å². The van der Waals surface area contributed by atoms with E-state index in [1.807, 2.05) is 4.68 Å². The highest BCUT2D eigenvalue weighted by molar-refractivity contribution is 7.71. The van der Waals surface area contributed by atoms with Gasteiger partial charge in [0.25, 0.3) is 0 Å². The molecule has 6 nitrogen and oxygen atoms in total. The molecule has 2 saturated heterocycles. The van der Waals surface area contributed by atoms with E-state index in [2.05, 4.69) is 46.2 Å². The van der Waals surface area contributed by atoms with Gasteiger partial charge in [-0.3, -0.25) is 9.89 Å². The Labute approximate surface area is 184 Å². The summed E-state index contributed by atoms with van der Waals surface area (Å²) in [5.74, 6) is 1.43. The number of carbonyl (C=O) groups is 1. The summed E-state index contributed by atoms with van der Waals surface area (Å²) in [5.41, 5.74) is 2.38. The van der Waals surface area contributed by atoms with Gasteiger partial charge in [-0.1, -0.05) is 44.0 Å². The van der Waals surface area contributed by atoms with Gasteiger partial charge in [0, 0.05) is 37.4 Å². The van der Waals surface area contributed by atoms with Crippen molar-refractivity contribution >= 4 is 18.1 Å². The van der Waals surface area contributed by atoms with E-state index in [0.717, 1.165) is 76.3 Å². The zero-order valence-corrected chi connectivity index (χ0v) is 18.8. The van der Waals surface area contributed by atoms with E-state index in [1.54, 1.807) is 0 Å². The number of H-pyrrole nitrogens is 1. The maximum atomic E-state index is 12.9. The van der Waals surface area contributed by atoms with E-state index < -0.39 is 0 Å². The molecule has 2 aromatic rings. The van der Waals surface area contributed by atoms with Crippen LogP contribution in [0.15, 0.2) is 24.3 Å². The number of hydrogen-bond donors (Lipinski definition) is 2. The van der Waals surface area contributed by atoms with Crippen LogP contribution in [0.1, 0.15) is 51.0 Å². The first-order valence-corrected chi connectivity index (χ1v) is 11.9. The molecule has 30 heavy (non-hydrogen) atoms. The molecule has 0 radical (unpaired) electrons. The molecule has 0 saturated carbocycles. The van der Waals surface area contributed by atoms with Gasteiger partial charge in [-0.25, -0.2) is 4.68 Å². The number of nitrogens with one attached hydrogen (secondary N) is 2. The van der Waals surface area contributed by atoms with Crippen LogP contribution < -0.4 is 4.90 Å². The third-order valence-corrected chi connectivity index (χ3v) is 6.97. The van der Waals surface area contributed by atoms with Crippen LogP contribution in [0.3, 0.4) is 0 Å². The third-order valence-electron chi connectivity index (χ3n) is 6.66. The van der Waals surface area contributed by atoms with Crippen LogP contribution in [0.25, 0.3) is 11.4 Å². The Morgan fingerprint density at radius 1 is 1.13 bits per heavy atom. The molecule has 0 unspecified atom stereocenters. The Morgan fingerprint density at radius 2 is 1.80 bits per heavy atom. The third kappa shape index (κ3) is 5.01. The van der Waals surface area contributed by atoms with Crippen LogP contribution in [0.5, 0.6) is 0 Å². The van der Waals surface area contributed by atoms with Crippen LogP contribution in [-0.4, -0.2) is 51.8 Å². The molecule has 1 aromatic heterocycles. The van der Waals surface area contributed by atoms with Gasteiger partial charge in [0.1, 0.15) is 0 Å². The van der Waals surface area contributed by atoms with Crippen molar-refractivity contribution < 1.29 is 9.69 Å². The molecule has 0 bridgehead atoms. The second-order valence-electron chi connectivity index (χ2n) is 8.76. The van der Waals surface area contributed by atoms with Crippen molar-refractivity contribution in [1.82, 2.24) is 19.7 Å². The van der Waals surface area contributed by atoms with Gasteiger partial charge < -0.3 is 9.80 Å². The lowest BCUT2D eigenvalue weighted by Crippen LogP contribution is -3.12. The minimum Gasteiger partial charge on any atom is -0.342 e. The number of aromatic amines is 1. The molecule has 0 spiro atoms. The van der Waals surface area contributed by atoms with Gasteiger partial charge in [-0.15, -0.1) is 0 Å². The number of aryl methyl sites for hydroxylation is 1. The summed E-state index contributed by atoms with van der Waals surface area (Å²) in [6.07, 6.45) is 7.83. The monoisotopic (exact) mass is 428 g/mol. The van der Waals surface area contributed by atoms with Crippen LogP contribution in [-0.2, 0) is 17.9 Å². The van der Waals surface area contributed by atoms with Gasteiger partial charge in [0.05, 0.1) is 13.1 Å². The summed E-state index contributed by atoms with van der Waals surface area (Å²) in [5, 5.41) is 3.38. The number of aromatic nitrogens is 3. The lowest BCUT2D eigenvalue weighted by Gasteiger charge is -2.31. The first kappa shape index (κ1) is 21.2. The van der Waals surface area contributed by atoms with Gasteiger partial charge in [-0.2, -0.15) is 4.98 Å². The van der Waals surface area contributed by atoms with Crippen molar-refractivity contribution in [3.8, 4) is 11.4 Å². The van der Waals surface area contributed by atoms with Crippen LogP contribution in [0.2, 0.25) is 0 Å². The normalized spacial score (nSPS) is 22.6. The first-order chi connectivity index (χ1) is 14.6. The van der Waals surface area contributed by atoms with Crippen LogP contribution in [0.4, 0.5) is 0 Å². The fraction of sp³-hybridized carbons (Fsp3) is 0.609. The number of amides is 1. The highest BCUT2D eigenvalue weighted by atomic mass is 32.1. The Bertz CT molecular complexity index is 887. The van der Waals surface area contributed by atoms with Crippen LogP contribution >= 0.6 is 12.2 Å². The summed E-state index contributed by atoms with van der Waals surface area (Å²) in [7, 11) is 0. The molecule has 1 aromatic carbocycles. The van der Waals surface area contributed by atoms with E-state index >= 15 is 0 Å². The summed E-state index contributed by atoms with van der Waals surface area (Å²) < 4.78 is 2.57. The maximum Gasteiger partial charge on any atom is 0.226 e. The molecule has 4 rings (SSSR count). The van der Waals surface area contributed by atoms with Gasteiger partial charge in [0.15, 0.2) is 12.5 Å². The largest absolute Gasteiger partial charge is 0.342 e. The van der Waals surface area contributed by atoms with Crippen molar-refractivity contribution in [2.75, 3.05) is 26.2 Å². The highest BCUT2D eigenvalue weighted by Gasteiger charge is 2.31. The smallest absolute Gasteiger partial charge is 0.226 e. The lowest BCUT2D eigenvalue weighted by molar-refractivity contribution is -0.929. The summed E-state index contributed by atoms with van der Waals surface area (Å²) in [6.45, 7) is 6.86. The molecule has 2 aliphatic heterocycles. The molecule has 1 amide bonds. The zero-order chi connectivity index (χ0) is 20.9. The van der Waals surface area contributed by atoms with Crippen molar-refractivity contribution in [2.24, 2.45) is 5.92 Å². The molecular formula is C23H34N5OS+. The Hall–Kier alpha value is -1.99. The number of carbonyl (C=O) groups excluding carboxylic acids is 1. The van der Waals surface area contributed by atoms with E-state index in [4.69, 9.17) is 12.2 Å². The second kappa shape index (κ2) is 9.88. The fourth-order valence-electron chi connectivity index (χ4n) is 4.70. The Balaban J connectivity index is 1.33. The van der Waals surface area contributed by atoms with E-state index in [9.17, 15) is 4.79 Å². The summed E-state index contributed by atoms with van der Waals surface area (Å²) >= 11 is 5.50. The molecule has 0 atom stereocenters. The number of nitrogens with zero attached hydrogens (tertiary/aromatic N) is 3. The highest BCUT2D eigenvalue weighted by Crippen LogP contribution is 2.18. The zero-order valence-electron chi connectivity index (χ0n) is 18.0. The summed E-state index contributed by atoms with van der Waals surface area (Å²) in [4.78, 5) is 21.1. The fourth-order valence-corrected chi connectivity index (χ4v) is 4.90. The van der Waals surface area contributed by atoms with E-state index in [0.29, 0.717) is 10.7 Å². The molecule has 2 N–H and O–H groups in total. The van der Waals surface area contributed by atoms with Gasteiger partial charge in [0.2, 0.25) is 10.7 Å². The van der Waals surface area contributed by atoms with E-state index in [-0.39, 0.29) is 5.92 Å². The first-order valence-electron chi connectivity index (χ1n) is 11.5. The van der Waals surface area contributed by atoms with Crippen molar-refractivity contribution in [3.63, 3.8) is 0 Å². The lowest BCUT2D eigenvalue weighted by atomic mass is 9.95. The molecule has 7 heteroatoms. The number of rotatable bonds is 5. The molecule has 0 aliphatic carbocycles.